The smallest absolute Gasteiger partial charge is 0.274 e. The van der Waals surface area contributed by atoms with Crippen LogP contribution in [0.25, 0.3) is 10.8 Å². The van der Waals surface area contributed by atoms with Crippen LogP contribution in [-0.4, -0.2) is 27.6 Å². The predicted molar refractivity (Wildman–Crippen MR) is 117 cm³/mol. The SMILES string of the molecule is Cc1ccccc1[C@H](OC[C@@H](O)Cn1ncc2ccccc2c1=O)c1ccccc1. The predicted octanol–water partition coefficient (Wildman–Crippen LogP) is 3.87. The summed E-state index contributed by atoms with van der Waals surface area (Å²) in [7, 11) is 0. The quantitative estimate of drug-likeness (QED) is 0.511. The van der Waals surface area contributed by atoms with Gasteiger partial charge in [-0.3, -0.25) is 4.79 Å². The van der Waals surface area contributed by atoms with E-state index >= 15 is 0 Å². The molecule has 4 rings (SSSR count). The molecule has 0 saturated heterocycles. The number of hydrogen-bond acceptors (Lipinski definition) is 4. The van der Waals surface area contributed by atoms with E-state index in [0.29, 0.717) is 5.39 Å². The first-order chi connectivity index (χ1) is 14.6. The maximum absolute atomic E-state index is 12.6. The van der Waals surface area contributed by atoms with Gasteiger partial charge >= 0.3 is 0 Å². The van der Waals surface area contributed by atoms with Gasteiger partial charge in [0.05, 0.1) is 30.8 Å². The van der Waals surface area contributed by atoms with E-state index in [1.54, 1.807) is 12.3 Å². The standard InChI is InChI=1S/C25H24N2O3/c1-18-9-5-7-13-22(18)24(19-10-3-2-4-11-19)30-17-21(28)16-27-25(29)23-14-8-6-12-20(23)15-26-27/h2-15,21,24,28H,16-17H2,1H3/t21-,24+/m0/s1. The third kappa shape index (κ3) is 4.32. The highest BCUT2D eigenvalue weighted by molar-refractivity contribution is 5.80. The minimum Gasteiger partial charge on any atom is -0.389 e. The summed E-state index contributed by atoms with van der Waals surface area (Å²) in [5, 5.41) is 16.2. The molecule has 0 amide bonds. The average Bonchev–Trinajstić information content (AvgIpc) is 2.78. The van der Waals surface area contributed by atoms with Crippen molar-refractivity contribution in [3.8, 4) is 0 Å². The van der Waals surface area contributed by atoms with Crippen LogP contribution >= 0.6 is 0 Å². The van der Waals surface area contributed by atoms with Crippen LogP contribution in [0, 0.1) is 6.92 Å². The number of ether oxygens (including phenoxy) is 1. The molecule has 1 heterocycles. The van der Waals surface area contributed by atoms with Gasteiger partial charge in [0, 0.05) is 5.39 Å². The molecule has 0 saturated carbocycles. The van der Waals surface area contributed by atoms with Crippen molar-refractivity contribution in [2.24, 2.45) is 0 Å². The zero-order chi connectivity index (χ0) is 20.9. The van der Waals surface area contributed by atoms with E-state index in [2.05, 4.69) is 5.10 Å². The van der Waals surface area contributed by atoms with Crippen molar-refractivity contribution in [2.45, 2.75) is 25.7 Å². The van der Waals surface area contributed by atoms with E-state index in [0.717, 1.165) is 22.1 Å². The highest BCUT2D eigenvalue weighted by Crippen LogP contribution is 2.28. The van der Waals surface area contributed by atoms with Gasteiger partial charge in [0.25, 0.3) is 5.56 Å². The summed E-state index contributed by atoms with van der Waals surface area (Å²) in [6.07, 6.45) is 0.472. The lowest BCUT2D eigenvalue weighted by atomic mass is 9.97. The molecule has 0 fully saturated rings. The van der Waals surface area contributed by atoms with Crippen LogP contribution < -0.4 is 5.56 Å². The zero-order valence-electron chi connectivity index (χ0n) is 16.8. The molecule has 0 aliphatic carbocycles. The van der Waals surface area contributed by atoms with Gasteiger partial charge in [0.1, 0.15) is 6.10 Å². The lowest BCUT2D eigenvalue weighted by molar-refractivity contribution is -0.00258. The van der Waals surface area contributed by atoms with Crippen LogP contribution in [0.2, 0.25) is 0 Å². The maximum atomic E-state index is 12.6. The molecule has 152 valence electrons. The van der Waals surface area contributed by atoms with Crippen LogP contribution in [0.5, 0.6) is 0 Å². The first-order valence-electron chi connectivity index (χ1n) is 9.98. The van der Waals surface area contributed by atoms with Crippen LogP contribution in [0.3, 0.4) is 0 Å². The maximum Gasteiger partial charge on any atom is 0.274 e. The highest BCUT2D eigenvalue weighted by atomic mass is 16.5. The van der Waals surface area contributed by atoms with Gasteiger partial charge in [-0.05, 0) is 29.7 Å². The third-order valence-electron chi connectivity index (χ3n) is 5.17. The normalized spacial score (nSPS) is 13.3. The fourth-order valence-corrected chi connectivity index (χ4v) is 3.59. The van der Waals surface area contributed by atoms with Crippen molar-refractivity contribution in [2.75, 3.05) is 6.61 Å². The van der Waals surface area contributed by atoms with E-state index in [9.17, 15) is 9.90 Å². The largest absolute Gasteiger partial charge is 0.389 e. The highest BCUT2D eigenvalue weighted by Gasteiger charge is 2.19. The number of fused-ring (bicyclic) bond motifs is 1. The summed E-state index contributed by atoms with van der Waals surface area (Å²) in [5.74, 6) is 0. The van der Waals surface area contributed by atoms with E-state index in [1.807, 2.05) is 79.7 Å². The Hall–Kier alpha value is -3.28. The molecular weight excluding hydrogens is 376 g/mol. The van der Waals surface area contributed by atoms with Gasteiger partial charge in [-0.1, -0.05) is 72.8 Å². The van der Waals surface area contributed by atoms with Crippen molar-refractivity contribution < 1.29 is 9.84 Å². The van der Waals surface area contributed by atoms with Crippen LogP contribution in [0.4, 0.5) is 0 Å². The number of hydrogen-bond donors (Lipinski definition) is 1. The molecule has 5 heteroatoms. The third-order valence-corrected chi connectivity index (χ3v) is 5.17. The van der Waals surface area contributed by atoms with Crippen molar-refractivity contribution in [3.05, 3.63) is 112 Å². The Labute approximate surface area is 175 Å². The second kappa shape index (κ2) is 9.03. The minimum absolute atomic E-state index is 0.0684. The topological polar surface area (TPSA) is 64.3 Å². The molecule has 0 aliphatic rings. The number of benzene rings is 3. The summed E-state index contributed by atoms with van der Waals surface area (Å²) in [6, 6.07) is 25.3. The first kappa shape index (κ1) is 20.0. The molecule has 0 aliphatic heterocycles. The Kier molecular flexibility index (Phi) is 6.02. The van der Waals surface area contributed by atoms with E-state index in [4.69, 9.17) is 4.74 Å². The van der Waals surface area contributed by atoms with Gasteiger partial charge in [-0.25, -0.2) is 4.68 Å². The molecule has 1 aromatic heterocycles. The molecule has 4 aromatic rings. The summed E-state index contributed by atoms with van der Waals surface area (Å²) in [6.45, 7) is 2.19. The van der Waals surface area contributed by atoms with Crippen LogP contribution in [-0.2, 0) is 11.3 Å². The van der Waals surface area contributed by atoms with Gasteiger partial charge in [0.2, 0.25) is 0 Å². The number of rotatable bonds is 7. The molecule has 1 N–H and O–H groups in total. The van der Waals surface area contributed by atoms with Crippen molar-refractivity contribution in [3.63, 3.8) is 0 Å². The van der Waals surface area contributed by atoms with Crippen molar-refractivity contribution in [1.29, 1.82) is 0 Å². The van der Waals surface area contributed by atoms with Crippen molar-refractivity contribution in [1.82, 2.24) is 9.78 Å². The number of aliphatic hydroxyl groups excluding tert-OH is 1. The number of aromatic nitrogens is 2. The molecule has 2 atom stereocenters. The Balaban J connectivity index is 1.52. The molecule has 3 aromatic carbocycles. The van der Waals surface area contributed by atoms with Gasteiger partial charge in [-0.15, -0.1) is 0 Å². The fraction of sp³-hybridized carbons (Fsp3) is 0.200. The van der Waals surface area contributed by atoms with Gasteiger partial charge in [-0.2, -0.15) is 5.10 Å². The Morgan fingerprint density at radius 1 is 0.967 bits per heavy atom. The lowest BCUT2D eigenvalue weighted by Gasteiger charge is -2.22. The molecular formula is C25H24N2O3. The summed E-state index contributed by atoms with van der Waals surface area (Å²) < 4.78 is 7.46. The Morgan fingerprint density at radius 2 is 1.67 bits per heavy atom. The van der Waals surface area contributed by atoms with E-state index in [-0.39, 0.29) is 24.8 Å². The molecule has 0 bridgehead atoms. The van der Waals surface area contributed by atoms with Crippen molar-refractivity contribution >= 4 is 10.8 Å². The van der Waals surface area contributed by atoms with Crippen LogP contribution in [0.15, 0.2) is 89.9 Å². The molecule has 30 heavy (non-hydrogen) atoms. The van der Waals surface area contributed by atoms with Gasteiger partial charge in [0.15, 0.2) is 0 Å². The molecule has 0 spiro atoms. The van der Waals surface area contributed by atoms with E-state index in [1.165, 1.54) is 4.68 Å². The Bertz CT molecular complexity index is 1190. The number of nitrogens with zero attached hydrogens (tertiary/aromatic N) is 2. The summed E-state index contributed by atoms with van der Waals surface area (Å²) in [4.78, 5) is 12.6. The summed E-state index contributed by atoms with van der Waals surface area (Å²) in [5.41, 5.74) is 2.97. The Morgan fingerprint density at radius 3 is 2.47 bits per heavy atom. The summed E-state index contributed by atoms with van der Waals surface area (Å²) >= 11 is 0. The second-order valence-corrected chi connectivity index (χ2v) is 7.35. The molecule has 0 unspecified atom stereocenters. The lowest BCUT2D eigenvalue weighted by Crippen LogP contribution is -2.31. The zero-order valence-corrected chi connectivity index (χ0v) is 16.8. The molecule has 0 radical (unpaired) electrons. The first-order valence-corrected chi connectivity index (χ1v) is 9.98. The van der Waals surface area contributed by atoms with E-state index < -0.39 is 6.10 Å². The second-order valence-electron chi connectivity index (χ2n) is 7.35. The molecule has 5 nitrogen and oxygen atoms in total. The minimum atomic E-state index is -0.869. The fourth-order valence-electron chi connectivity index (χ4n) is 3.59. The van der Waals surface area contributed by atoms with Gasteiger partial charge < -0.3 is 9.84 Å². The number of aliphatic hydroxyl groups is 1. The monoisotopic (exact) mass is 400 g/mol. The number of aryl methyl sites for hydroxylation is 1. The van der Waals surface area contributed by atoms with Crippen LogP contribution in [0.1, 0.15) is 22.8 Å². The average molecular weight is 400 g/mol.